The fraction of sp³-hybridized carbons (Fsp3) is 0.389. The molecule has 8 heteroatoms. The molecule has 0 aliphatic carbocycles. The monoisotopic (exact) mass is 379 g/mol. The van der Waals surface area contributed by atoms with E-state index in [1.807, 2.05) is 0 Å². The molecule has 140 valence electrons. The van der Waals surface area contributed by atoms with E-state index in [1.54, 1.807) is 25.7 Å². The molecule has 1 amide bonds. The van der Waals surface area contributed by atoms with Gasteiger partial charge in [-0.05, 0) is 57.4 Å². The quantitative estimate of drug-likeness (QED) is 0.856. The first kappa shape index (κ1) is 18.4. The number of aromatic amines is 1. The minimum Gasteiger partial charge on any atom is -0.361 e. The molecule has 0 atom stereocenters. The predicted molar refractivity (Wildman–Crippen MR) is 97.3 cm³/mol. The summed E-state index contributed by atoms with van der Waals surface area (Å²) >= 11 is 0. The van der Waals surface area contributed by atoms with E-state index in [0.717, 1.165) is 12.8 Å². The molecule has 26 heavy (non-hydrogen) atoms. The molecule has 2 aromatic rings. The topological polar surface area (TPSA) is 82.3 Å². The number of H-pyrrole nitrogens is 1. The van der Waals surface area contributed by atoms with E-state index in [1.165, 1.54) is 18.2 Å². The van der Waals surface area contributed by atoms with Gasteiger partial charge in [-0.1, -0.05) is 0 Å². The van der Waals surface area contributed by atoms with Crippen molar-refractivity contribution in [2.45, 2.75) is 38.5 Å². The summed E-state index contributed by atoms with van der Waals surface area (Å²) in [6.07, 6.45) is 1.84. The molecule has 0 radical (unpaired) electrons. The van der Waals surface area contributed by atoms with Crippen LogP contribution in [0.25, 0.3) is 0 Å². The van der Waals surface area contributed by atoms with Crippen molar-refractivity contribution in [2.24, 2.45) is 0 Å². The number of anilines is 1. The van der Waals surface area contributed by atoms with Gasteiger partial charge < -0.3 is 9.88 Å². The predicted octanol–water partition coefficient (Wildman–Crippen LogP) is 3.12. The first-order valence-electron chi connectivity index (χ1n) is 8.48. The lowest BCUT2D eigenvalue weighted by Gasteiger charge is -2.17. The molecule has 1 fully saturated rings. The van der Waals surface area contributed by atoms with Crippen molar-refractivity contribution < 1.29 is 17.6 Å². The molecule has 1 saturated heterocycles. The molecule has 1 aliphatic heterocycles. The zero-order chi connectivity index (χ0) is 19.1. The third-order valence-corrected chi connectivity index (χ3v) is 6.16. The molecule has 3 rings (SSSR count). The zero-order valence-corrected chi connectivity index (χ0v) is 15.8. The van der Waals surface area contributed by atoms with Crippen LogP contribution in [-0.2, 0) is 10.0 Å². The van der Waals surface area contributed by atoms with Crippen molar-refractivity contribution in [1.29, 1.82) is 0 Å². The second-order valence-electron chi connectivity index (χ2n) is 6.64. The average Bonchev–Trinajstić information content (AvgIpc) is 3.17. The summed E-state index contributed by atoms with van der Waals surface area (Å²) in [6, 6.07) is 3.82. The van der Waals surface area contributed by atoms with Gasteiger partial charge in [-0.3, -0.25) is 9.52 Å². The molecule has 0 bridgehead atoms. The van der Waals surface area contributed by atoms with Crippen LogP contribution in [0.3, 0.4) is 0 Å². The Morgan fingerprint density at radius 1 is 1.15 bits per heavy atom. The van der Waals surface area contributed by atoms with Crippen LogP contribution in [0.5, 0.6) is 0 Å². The minimum atomic E-state index is -4.01. The van der Waals surface area contributed by atoms with Gasteiger partial charge in [0.15, 0.2) is 0 Å². The molecule has 1 aromatic heterocycles. The number of halogens is 1. The van der Waals surface area contributed by atoms with E-state index >= 15 is 0 Å². The Hall–Kier alpha value is -2.35. The Balaban J connectivity index is 2.03. The van der Waals surface area contributed by atoms with Crippen molar-refractivity contribution in [3.05, 3.63) is 46.5 Å². The highest BCUT2D eigenvalue weighted by Gasteiger charge is 2.32. The Morgan fingerprint density at radius 3 is 2.42 bits per heavy atom. The number of aromatic nitrogens is 1. The van der Waals surface area contributed by atoms with Crippen molar-refractivity contribution in [3.63, 3.8) is 0 Å². The molecule has 1 aliphatic rings. The maximum Gasteiger partial charge on any atom is 0.264 e. The third kappa shape index (κ3) is 3.33. The SMILES string of the molecule is Cc1cc(F)ccc1NS(=O)(=O)c1c(C)[nH]c(C)c1C(=O)N1CCCC1. The van der Waals surface area contributed by atoms with E-state index in [0.29, 0.717) is 30.0 Å². The first-order valence-corrected chi connectivity index (χ1v) is 9.96. The number of sulfonamides is 1. The standard InChI is InChI=1S/C18H22FN3O3S/c1-11-10-14(19)6-7-15(11)21-26(24,25)17-13(3)20-12(2)16(17)18(23)22-8-4-5-9-22/h6-7,10,20-21H,4-5,8-9H2,1-3H3. The Labute approximate surface area is 152 Å². The molecule has 2 N–H and O–H groups in total. The van der Waals surface area contributed by atoms with Crippen LogP contribution in [0.15, 0.2) is 23.1 Å². The highest BCUT2D eigenvalue weighted by atomic mass is 32.2. The number of hydrogen-bond acceptors (Lipinski definition) is 3. The molecular weight excluding hydrogens is 357 g/mol. The Bertz CT molecular complexity index is 960. The minimum absolute atomic E-state index is 0.0457. The second-order valence-corrected chi connectivity index (χ2v) is 8.26. The van der Waals surface area contributed by atoms with E-state index in [2.05, 4.69) is 9.71 Å². The van der Waals surface area contributed by atoms with Gasteiger partial charge in [0, 0.05) is 24.5 Å². The van der Waals surface area contributed by atoms with Gasteiger partial charge in [-0.25, -0.2) is 12.8 Å². The first-order chi connectivity index (χ1) is 12.2. The molecular formula is C18H22FN3O3S. The summed E-state index contributed by atoms with van der Waals surface area (Å²) in [4.78, 5) is 17.5. The lowest BCUT2D eigenvalue weighted by molar-refractivity contribution is 0.0788. The molecule has 6 nitrogen and oxygen atoms in total. The van der Waals surface area contributed by atoms with E-state index in [4.69, 9.17) is 0 Å². The van der Waals surface area contributed by atoms with E-state index < -0.39 is 15.8 Å². The van der Waals surface area contributed by atoms with Crippen LogP contribution in [-0.4, -0.2) is 37.3 Å². The maximum atomic E-state index is 13.3. The van der Waals surface area contributed by atoms with Gasteiger partial charge in [0.05, 0.1) is 11.3 Å². The summed E-state index contributed by atoms with van der Waals surface area (Å²) in [5, 5.41) is 0. The number of benzene rings is 1. The summed E-state index contributed by atoms with van der Waals surface area (Å²) in [5.74, 6) is -0.718. The lowest BCUT2D eigenvalue weighted by atomic mass is 10.2. The van der Waals surface area contributed by atoms with E-state index in [9.17, 15) is 17.6 Å². The highest BCUT2D eigenvalue weighted by Crippen LogP contribution is 2.29. The van der Waals surface area contributed by atoms with Crippen LogP contribution in [0.1, 0.15) is 40.2 Å². The number of rotatable bonds is 4. The van der Waals surface area contributed by atoms with Crippen molar-refractivity contribution in [2.75, 3.05) is 17.8 Å². The van der Waals surface area contributed by atoms with Crippen LogP contribution in [0.4, 0.5) is 10.1 Å². The van der Waals surface area contributed by atoms with Crippen molar-refractivity contribution in [3.8, 4) is 0 Å². The van der Waals surface area contributed by atoms with Gasteiger partial charge >= 0.3 is 0 Å². The fourth-order valence-electron chi connectivity index (χ4n) is 3.37. The molecule has 0 spiro atoms. The number of aryl methyl sites for hydroxylation is 3. The number of nitrogens with one attached hydrogen (secondary N) is 2. The van der Waals surface area contributed by atoms with E-state index in [-0.39, 0.29) is 22.1 Å². The van der Waals surface area contributed by atoms with Gasteiger partial charge in [0.1, 0.15) is 10.7 Å². The molecule has 0 unspecified atom stereocenters. The van der Waals surface area contributed by atoms with Gasteiger partial charge in [-0.2, -0.15) is 0 Å². The van der Waals surface area contributed by atoms with Crippen molar-refractivity contribution in [1.82, 2.24) is 9.88 Å². The Morgan fingerprint density at radius 2 is 1.81 bits per heavy atom. The molecule has 2 heterocycles. The van der Waals surface area contributed by atoms with Crippen LogP contribution >= 0.6 is 0 Å². The van der Waals surface area contributed by atoms with Crippen LogP contribution < -0.4 is 4.72 Å². The fourth-order valence-corrected chi connectivity index (χ4v) is 4.95. The number of likely N-dealkylation sites (tertiary alicyclic amines) is 1. The second kappa shape index (κ2) is 6.75. The van der Waals surface area contributed by atoms with Gasteiger partial charge in [0.2, 0.25) is 0 Å². The zero-order valence-electron chi connectivity index (χ0n) is 15.0. The van der Waals surface area contributed by atoms with Crippen molar-refractivity contribution >= 4 is 21.6 Å². The number of hydrogen-bond donors (Lipinski definition) is 2. The summed E-state index contributed by atoms with van der Waals surface area (Å²) < 4.78 is 41.8. The summed E-state index contributed by atoms with van der Waals surface area (Å²) in [7, 11) is -4.01. The molecule has 1 aromatic carbocycles. The van der Waals surface area contributed by atoms with Gasteiger partial charge in [0.25, 0.3) is 15.9 Å². The normalized spacial score (nSPS) is 14.7. The summed E-state index contributed by atoms with van der Waals surface area (Å²) in [6.45, 7) is 6.20. The average molecular weight is 379 g/mol. The Kier molecular flexibility index (Phi) is 4.79. The van der Waals surface area contributed by atoms with Gasteiger partial charge in [-0.15, -0.1) is 0 Å². The lowest BCUT2D eigenvalue weighted by Crippen LogP contribution is -2.30. The number of carbonyl (C=O) groups excluding carboxylic acids is 1. The summed E-state index contributed by atoms with van der Waals surface area (Å²) in [5.41, 5.74) is 1.85. The number of amides is 1. The number of nitrogens with zero attached hydrogens (tertiary/aromatic N) is 1. The third-order valence-electron chi connectivity index (χ3n) is 4.63. The highest BCUT2D eigenvalue weighted by molar-refractivity contribution is 7.92. The smallest absolute Gasteiger partial charge is 0.264 e. The van der Waals surface area contributed by atoms with Crippen LogP contribution in [0.2, 0.25) is 0 Å². The molecule has 0 saturated carbocycles. The maximum absolute atomic E-state index is 13.3. The number of carbonyl (C=O) groups is 1. The largest absolute Gasteiger partial charge is 0.361 e. The van der Waals surface area contributed by atoms with Crippen LogP contribution in [0, 0.1) is 26.6 Å².